The van der Waals surface area contributed by atoms with Gasteiger partial charge in [0.05, 0.1) is 23.6 Å². The highest BCUT2D eigenvalue weighted by atomic mass is 16.4. The second kappa shape index (κ2) is 11.2. The number of aromatic nitrogens is 2. The van der Waals surface area contributed by atoms with Gasteiger partial charge >= 0.3 is 12.1 Å². The van der Waals surface area contributed by atoms with Crippen molar-refractivity contribution in [1.82, 2.24) is 19.4 Å². The highest BCUT2D eigenvalue weighted by Gasteiger charge is 2.22. The van der Waals surface area contributed by atoms with Gasteiger partial charge in [-0.1, -0.05) is 71.8 Å². The number of imidazole rings is 1. The first kappa shape index (κ1) is 25.8. The molecule has 2 N–H and O–H groups in total. The quantitative estimate of drug-likeness (QED) is 0.385. The van der Waals surface area contributed by atoms with Crippen LogP contribution in [0.15, 0.2) is 77.8 Å². The fourth-order valence-electron chi connectivity index (χ4n) is 4.45. The molecule has 3 amide bonds. The van der Waals surface area contributed by atoms with E-state index in [-0.39, 0.29) is 12.1 Å². The van der Waals surface area contributed by atoms with Gasteiger partial charge in [0.25, 0.3) is 0 Å². The van der Waals surface area contributed by atoms with Gasteiger partial charge in [0.15, 0.2) is 0 Å². The minimum absolute atomic E-state index is 0.213. The minimum atomic E-state index is -1.27. The Balaban J connectivity index is 1.90. The van der Waals surface area contributed by atoms with Crippen LogP contribution in [0.2, 0.25) is 0 Å². The molecular formula is C29H33N5O3. The number of nitrogens with one attached hydrogen (secondary N) is 1. The van der Waals surface area contributed by atoms with E-state index in [0.717, 1.165) is 33.3 Å². The van der Waals surface area contributed by atoms with Crippen LogP contribution in [0.3, 0.4) is 0 Å². The molecule has 4 aromatic rings. The zero-order valence-electron chi connectivity index (χ0n) is 21.7. The van der Waals surface area contributed by atoms with Crippen LogP contribution in [0.1, 0.15) is 28.3 Å². The molecule has 192 valence electrons. The molecule has 1 unspecified atom stereocenters. The van der Waals surface area contributed by atoms with Gasteiger partial charge < -0.3 is 24.5 Å². The maximum absolute atomic E-state index is 12.5. The number of hydrogen-bond acceptors (Lipinski definition) is 2. The van der Waals surface area contributed by atoms with Crippen LogP contribution in [0.4, 0.5) is 9.59 Å². The smallest absolute Gasteiger partial charge is 0.434 e. The van der Waals surface area contributed by atoms with Crippen molar-refractivity contribution in [2.45, 2.75) is 32.9 Å². The maximum atomic E-state index is 12.5. The van der Waals surface area contributed by atoms with Gasteiger partial charge in [-0.2, -0.15) is 0 Å². The first-order valence-corrected chi connectivity index (χ1v) is 12.3. The standard InChI is InChI=1S/C29H33N5O3/c1-20-9-13-22(14-10-20)17-24(18-30-28(35)32(3)4)34-26-8-6-5-7-25(26)33(27(34)31-29(36)37)19-23-15-11-21(2)12-16-23/h5-16,24H,17-19H2,1-4H3,(H,30,35)(H,36,37). The Morgan fingerprint density at radius 1 is 0.892 bits per heavy atom. The van der Waals surface area contributed by atoms with Gasteiger partial charge in [-0.15, -0.1) is 4.99 Å². The lowest BCUT2D eigenvalue weighted by molar-refractivity contribution is 0.203. The van der Waals surface area contributed by atoms with Gasteiger partial charge in [0.1, 0.15) is 0 Å². The topological polar surface area (TPSA) is 91.9 Å². The van der Waals surface area contributed by atoms with Crippen LogP contribution in [0.5, 0.6) is 0 Å². The van der Waals surface area contributed by atoms with E-state index in [0.29, 0.717) is 25.1 Å². The Labute approximate surface area is 216 Å². The number of hydrogen-bond donors (Lipinski definition) is 2. The summed E-state index contributed by atoms with van der Waals surface area (Å²) in [5, 5.41) is 12.8. The summed E-state index contributed by atoms with van der Waals surface area (Å²) in [5.41, 5.74) is 6.48. The van der Waals surface area contributed by atoms with E-state index in [1.807, 2.05) is 71.5 Å². The lowest BCUT2D eigenvalue weighted by Gasteiger charge is -2.22. The summed E-state index contributed by atoms with van der Waals surface area (Å²) in [6.45, 7) is 4.83. The molecule has 0 radical (unpaired) electrons. The van der Waals surface area contributed by atoms with Crippen molar-refractivity contribution in [3.8, 4) is 0 Å². The number of aryl methyl sites for hydroxylation is 2. The molecule has 0 saturated carbocycles. The number of para-hydroxylation sites is 2. The van der Waals surface area contributed by atoms with Crippen molar-refractivity contribution < 1.29 is 14.7 Å². The summed E-state index contributed by atoms with van der Waals surface area (Å²) in [5.74, 6) is 0. The summed E-state index contributed by atoms with van der Waals surface area (Å²) in [6.07, 6.45) is -0.688. The molecule has 0 aliphatic heterocycles. The second-order valence-electron chi connectivity index (χ2n) is 9.55. The van der Waals surface area contributed by atoms with Crippen molar-refractivity contribution in [2.75, 3.05) is 20.6 Å². The fourth-order valence-corrected chi connectivity index (χ4v) is 4.45. The van der Waals surface area contributed by atoms with Crippen LogP contribution in [0.25, 0.3) is 11.0 Å². The van der Waals surface area contributed by atoms with E-state index >= 15 is 0 Å². The summed E-state index contributed by atoms with van der Waals surface area (Å²) in [6, 6.07) is 23.7. The van der Waals surface area contributed by atoms with E-state index in [2.05, 4.69) is 34.6 Å². The molecule has 0 bridgehead atoms. The van der Waals surface area contributed by atoms with Crippen molar-refractivity contribution >= 4 is 23.2 Å². The van der Waals surface area contributed by atoms with E-state index in [4.69, 9.17) is 0 Å². The minimum Gasteiger partial charge on any atom is -0.463 e. The molecule has 1 atom stereocenters. The van der Waals surface area contributed by atoms with Crippen molar-refractivity contribution in [3.63, 3.8) is 0 Å². The monoisotopic (exact) mass is 499 g/mol. The number of rotatable bonds is 7. The first-order chi connectivity index (χ1) is 17.7. The summed E-state index contributed by atoms with van der Waals surface area (Å²) in [4.78, 5) is 30.0. The van der Waals surface area contributed by atoms with E-state index in [1.165, 1.54) is 4.90 Å². The number of fused-ring (bicyclic) bond motifs is 1. The molecule has 0 fully saturated rings. The van der Waals surface area contributed by atoms with Crippen LogP contribution < -0.4 is 10.9 Å². The molecule has 0 saturated heterocycles. The molecule has 4 rings (SSSR count). The number of nitrogens with zero attached hydrogens (tertiary/aromatic N) is 4. The summed E-state index contributed by atoms with van der Waals surface area (Å²) >= 11 is 0. The summed E-state index contributed by atoms with van der Waals surface area (Å²) in [7, 11) is 3.38. The van der Waals surface area contributed by atoms with Crippen molar-refractivity contribution in [3.05, 3.63) is 101 Å². The predicted octanol–water partition coefficient (Wildman–Crippen LogP) is 4.74. The molecule has 3 aromatic carbocycles. The zero-order valence-corrected chi connectivity index (χ0v) is 21.7. The van der Waals surface area contributed by atoms with Crippen LogP contribution in [-0.4, -0.2) is 51.9 Å². The van der Waals surface area contributed by atoms with Crippen LogP contribution >= 0.6 is 0 Å². The Hall–Kier alpha value is -4.33. The van der Waals surface area contributed by atoms with Crippen LogP contribution in [-0.2, 0) is 13.0 Å². The average molecular weight is 500 g/mol. The third-order valence-corrected chi connectivity index (χ3v) is 6.40. The molecule has 1 heterocycles. The Morgan fingerprint density at radius 3 is 2.03 bits per heavy atom. The van der Waals surface area contributed by atoms with Crippen molar-refractivity contribution in [2.24, 2.45) is 4.99 Å². The molecule has 0 spiro atoms. The highest BCUT2D eigenvalue weighted by Crippen LogP contribution is 2.22. The maximum Gasteiger partial charge on any atom is 0.434 e. The molecule has 8 nitrogen and oxygen atoms in total. The molecular weight excluding hydrogens is 466 g/mol. The number of carboxylic acid groups (broad SMARTS) is 1. The number of urea groups is 1. The van der Waals surface area contributed by atoms with E-state index in [9.17, 15) is 14.7 Å². The lowest BCUT2D eigenvalue weighted by atomic mass is 10.0. The van der Waals surface area contributed by atoms with Gasteiger partial charge in [0.2, 0.25) is 5.62 Å². The third kappa shape index (κ3) is 6.09. The number of carbonyl (C=O) groups excluding carboxylic acids is 1. The molecule has 37 heavy (non-hydrogen) atoms. The third-order valence-electron chi connectivity index (χ3n) is 6.40. The number of benzene rings is 3. The zero-order chi connectivity index (χ0) is 26.5. The van der Waals surface area contributed by atoms with Crippen LogP contribution in [0, 0.1) is 13.8 Å². The number of amides is 3. The normalized spacial score (nSPS) is 12.5. The van der Waals surface area contributed by atoms with Gasteiger partial charge in [0, 0.05) is 20.6 Å². The molecule has 1 aromatic heterocycles. The summed E-state index contributed by atoms with van der Waals surface area (Å²) < 4.78 is 3.89. The Morgan fingerprint density at radius 2 is 1.46 bits per heavy atom. The van der Waals surface area contributed by atoms with Crippen molar-refractivity contribution in [1.29, 1.82) is 0 Å². The first-order valence-electron chi connectivity index (χ1n) is 12.3. The second-order valence-corrected chi connectivity index (χ2v) is 9.55. The van der Waals surface area contributed by atoms with Gasteiger partial charge in [-0.25, -0.2) is 9.59 Å². The lowest BCUT2D eigenvalue weighted by Crippen LogP contribution is -2.41. The van der Waals surface area contributed by atoms with E-state index < -0.39 is 6.09 Å². The average Bonchev–Trinajstić information content (AvgIpc) is 3.16. The SMILES string of the molecule is Cc1ccc(CC(CNC(=O)N(C)C)n2c(=NC(=O)O)n(Cc3ccc(C)cc3)c3ccccc32)cc1. The molecule has 0 aliphatic rings. The largest absolute Gasteiger partial charge is 0.463 e. The molecule has 0 aliphatic carbocycles. The van der Waals surface area contributed by atoms with Gasteiger partial charge in [-0.05, 0) is 43.5 Å². The Bertz CT molecular complexity index is 1460. The predicted molar refractivity (Wildman–Crippen MR) is 145 cm³/mol. The van der Waals surface area contributed by atoms with E-state index in [1.54, 1.807) is 14.1 Å². The Kier molecular flexibility index (Phi) is 7.77. The number of carbonyl (C=O) groups is 2. The fraction of sp³-hybridized carbons (Fsp3) is 0.276. The molecule has 8 heteroatoms. The van der Waals surface area contributed by atoms with Gasteiger partial charge in [-0.3, -0.25) is 0 Å². The highest BCUT2D eigenvalue weighted by molar-refractivity contribution is 5.77.